The third-order valence-corrected chi connectivity index (χ3v) is 3.67. The lowest BCUT2D eigenvalue weighted by Crippen LogP contribution is -2.21. The van der Waals surface area contributed by atoms with E-state index in [1.807, 2.05) is 19.2 Å². The summed E-state index contributed by atoms with van der Waals surface area (Å²) in [6, 6.07) is 8.55. The molecule has 0 amide bonds. The minimum absolute atomic E-state index is 0.431. The lowest BCUT2D eigenvalue weighted by Gasteiger charge is -2.26. The van der Waals surface area contributed by atoms with Crippen molar-refractivity contribution in [1.82, 2.24) is 10.5 Å². The van der Waals surface area contributed by atoms with E-state index < -0.39 is 0 Å². The van der Waals surface area contributed by atoms with Gasteiger partial charge in [0, 0.05) is 12.1 Å². The van der Waals surface area contributed by atoms with Crippen LogP contribution in [0.3, 0.4) is 0 Å². The number of aromatic nitrogens is 1. The summed E-state index contributed by atoms with van der Waals surface area (Å²) in [5, 5.41) is 7.06. The van der Waals surface area contributed by atoms with Crippen LogP contribution in [-0.2, 0) is 13.0 Å². The summed E-state index contributed by atoms with van der Waals surface area (Å²) in [6.07, 6.45) is 5.10. The van der Waals surface area contributed by atoms with Crippen molar-refractivity contribution in [2.75, 3.05) is 7.05 Å². The summed E-state index contributed by atoms with van der Waals surface area (Å²) in [6.45, 7) is 0.431. The molecule has 1 N–H and O–H groups in total. The average molecular weight is 258 g/mol. The first kappa shape index (κ1) is 12.2. The molecule has 0 bridgehead atoms. The Labute approximate surface area is 112 Å². The van der Waals surface area contributed by atoms with Crippen molar-refractivity contribution < 1.29 is 9.26 Å². The fraction of sp³-hybridized carbons (Fsp3) is 0.400. The number of ether oxygens (including phenoxy) is 1. The van der Waals surface area contributed by atoms with Gasteiger partial charge in [0.2, 0.25) is 0 Å². The molecule has 0 aliphatic heterocycles. The van der Waals surface area contributed by atoms with Gasteiger partial charge in [0.25, 0.3) is 0 Å². The molecule has 1 aliphatic rings. The normalized spacial score (nSPS) is 18.1. The molecule has 0 spiro atoms. The highest BCUT2D eigenvalue weighted by Crippen LogP contribution is 2.35. The van der Waals surface area contributed by atoms with Crippen LogP contribution in [0.4, 0.5) is 0 Å². The minimum Gasteiger partial charge on any atom is -0.485 e. The van der Waals surface area contributed by atoms with Crippen LogP contribution in [0, 0.1) is 0 Å². The minimum atomic E-state index is 0.431. The molecule has 0 fully saturated rings. The van der Waals surface area contributed by atoms with Crippen LogP contribution >= 0.6 is 0 Å². The van der Waals surface area contributed by atoms with Gasteiger partial charge in [0.1, 0.15) is 12.4 Å². The highest BCUT2D eigenvalue weighted by Gasteiger charge is 2.21. The third-order valence-electron chi connectivity index (χ3n) is 3.67. The maximum Gasteiger partial charge on any atom is 0.174 e. The summed E-state index contributed by atoms with van der Waals surface area (Å²) in [4.78, 5) is 0. The largest absolute Gasteiger partial charge is 0.485 e. The van der Waals surface area contributed by atoms with Gasteiger partial charge >= 0.3 is 0 Å². The zero-order valence-corrected chi connectivity index (χ0v) is 11.1. The van der Waals surface area contributed by atoms with Crippen molar-refractivity contribution >= 4 is 0 Å². The Balaban J connectivity index is 1.82. The predicted molar refractivity (Wildman–Crippen MR) is 72.0 cm³/mol. The van der Waals surface area contributed by atoms with Crippen LogP contribution in [0.1, 0.15) is 35.8 Å². The molecule has 1 atom stereocenters. The van der Waals surface area contributed by atoms with Gasteiger partial charge in [-0.1, -0.05) is 17.3 Å². The Hall–Kier alpha value is -1.81. The highest BCUT2D eigenvalue weighted by molar-refractivity contribution is 5.43. The fourth-order valence-corrected chi connectivity index (χ4v) is 2.72. The molecule has 19 heavy (non-hydrogen) atoms. The van der Waals surface area contributed by atoms with E-state index in [4.69, 9.17) is 9.26 Å². The third kappa shape index (κ3) is 2.49. The van der Waals surface area contributed by atoms with Gasteiger partial charge in [0.15, 0.2) is 5.76 Å². The van der Waals surface area contributed by atoms with Crippen molar-refractivity contribution in [3.8, 4) is 5.75 Å². The molecule has 3 rings (SSSR count). The summed E-state index contributed by atoms with van der Waals surface area (Å²) < 4.78 is 10.9. The van der Waals surface area contributed by atoms with Gasteiger partial charge < -0.3 is 14.6 Å². The smallest absolute Gasteiger partial charge is 0.174 e. The Bertz CT molecular complexity index is 537. The second-order valence-electron chi connectivity index (χ2n) is 4.82. The van der Waals surface area contributed by atoms with Crippen molar-refractivity contribution in [1.29, 1.82) is 0 Å². The second kappa shape index (κ2) is 5.45. The topological polar surface area (TPSA) is 47.3 Å². The summed E-state index contributed by atoms with van der Waals surface area (Å²) in [7, 11) is 2.02. The molecule has 1 heterocycles. The summed E-state index contributed by atoms with van der Waals surface area (Å²) >= 11 is 0. The molecule has 1 aromatic carbocycles. The number of fused-ring (bicyclic) bond motifs is 1. The second-order valence-corrected chi connectivity index (χ2v) is 4.82. The number of benzene rings is 1. The van der Waals surface area contributed by atoms with E-state index in [1.54, 1.807) is 6.20 Å². The molecule has 1 aromatic heterocycles. The van der Waals surface area contributed by atoms with Crippen molar-refractivity contribution in [3.05, 3.63) is 47.3 Å². The maximum absolute atomic E-state index is 5.88. The molecule has 0 radical (unpaired) electrons. The number of hydrogen-bond donors (Lipinski definition) is 1. The zero-order chi connectivity index (χ0) is 13.1. The molecular weight excluding hydrogens is 240 g/mol. The van der Waals surface area contributed by atoms with E-state index in [9.17, 15) is 0 Å². The van der Waals surface area contributed by atoms with Crippen molar-refractivity contribution in [2.24, 2.45) is 0 Å². The van der Waals surface area contributed by atoms with Gasteiger partial charge in [-0.15, -0.1) is 0 Å². The van der Waals surface area contributed by atoms with E-state index in [0.29, 0.717) is 12.6 Å². The molecule has 4 nitrogen and oxygen atoms in total. The van der Waals surface area contributed by atoms with Gasteiger partial charge in [-0.2, -0.15) is 0 Å². The van der Waals surface area contributed by atoms with E-state index in [2.05, 4.69) is 22.6 Å². The molecule has 2 aromatic rings. The van der Waals surface area contributed by atoms with Crippen LogP contribution in [-0.4, -0.2) is 12.2 Å². The fourth-order valence-electron chi connectivity index (χ4n) is 2.72. The predicted octanol–water partition coefficient (Wildman–Crippen LogP) is 2.85. The number of nitrogens with one attached hydrogen (secondary N) is 1. The highest BCUT2D eigenvalue weighted by atomic mass is 16.5. The van der Waals surface area contributed by atoms with Crippen LogP contribution in [0.5, 0.6) is 5.75 Å². The van der Waals surface area contributed by atoms with Gasteiger partial charge in [-0.3, -0.25) is 0 Å². The number of hydrogen-bond acceptors (Lipinski definition) is 4. The van der Waals surface area contributed by atoms with Crippen LogP contribution in [0.15, 0.2) is 35.0 Å². The lowest BCUT2D eigenvalue weighted by molar-refractivity contribution is 0.246. The molecule has 100 valence electrons. The van der Waals surface area contributed by atoms with Gasteiger partial charge in [-0.05, 0) is 43.5 Å². The Morgan fingerprint density at radius 1 is 1.42 bits per heavy atom. The van der Waals surface area contributed by atoms with Crippen LogP contribution in [0.2, 0.25) is 0 Å². The number of rotatable bonds is 4. The molecule has 1 aliphatic carbocycles. The first-order valence-corrected chi connectivity index (χ1v) is 6.70. The first-order chi connectivity index (χ1) is 9.38. The summed E-state index contributed by atoms with van der Waals surface area (Å²) in [5.41, 5.74) is 2.69. The van der Waals surface area contributed by atoms with Crippen LogP contribution < -0.4 is 10.1 Å². The zero-order valence-electron chi connectivity index (χ0n) is 11.1. The van der Waals surface area contributed by atoms with E-state index in [-0.39, 0.29) is 0 Å². The SMILES string of the molecule is CNC1CCCc2c(OCc3ccno3)cccc21. The molecular formula is C15H18N2O2. The molecule has 0 saturated carbocycles. The lowest BCUT2D eigenvalue weighted by atomic mass is 9.87. The van der Waals surface area contributed by atoms with Gasteiger partial charge in [0.05, 0.1) is 6.20 Å². The van der Waals surface area contributed by atoms with Crippen molar-refractivity contribution in [2.45, 2.75) is 31.9 Å². The van der Waals surface area contributed by atoms with E-state index in [0.717, 1.165) is 17.9 Å². The molecule has 0 saturated heterocycles. The quantitative estimate of drug-likeness (QED) is 0.916. The Morgan fingerprint density at radius 2 is 2.37 bits per heavy atom. The number of nitrogens with zero attached hydrogens (tertiary/aromatic N) is 1. The average Bonchev–Trinajstić information content (AvgIpc) is 2.97. The summed E-state index contributed by atoms with van der Waals surface area (Å²) in [5.74, 6) is 1.72. The van der Waals surface area contributed by atoms with E-state index in [1.165, 1.54) is 24.0 Å². The first-order valence-electron chi connectivity index (χ1n) is 6.70. The Kier molecular flexibility index (Phi) is 3.51. The monoisotopic (exact) mass is 258 g/mol. The van der Waals surface area contributed by atoms with Crippen molar-refractivity contribution in [3.63, 3.8) is 0 Å². The van der Waals surface area contributed by atoms with Crippen LogP contribution in [0.25, 0.3) is 0 Å². The molecule has 4 heteroatoms. The molecule has 1 unspecified atom stereocenters. The standard InChI is InChI=1S/C15H18N2O2/c1-16-14-6-2-5-13-12(14)4-3-7-15(13)18-10-11-8-9-17-19-11/h3-4,7-9,14,16H,2,5-6,10H2,1H3. The van der Waals surface area contributed by atoms with E-state index >= 15 is 0 Å². The maximum atomic E-state index is 5.88. The Morgan fingerprint density at radius 3 is 3.16 bits per heavy atom. The van der Waals surface area contributed by atoms with Gasteiger partial charge in [-0.25, -0.2) is 0 Å².